The molecule has 0 aromatic heterocycles. The van der Waals surface area contributed by atoms with Gasteiger partial charge in [0.05, 0.1) is 12.2 Å². The van der Waals surface area contributed by atoms with Crippen LogP contribution < -0.4 is 0 Å². The highest BCUT2D eigenvalue weighted by Crippen LogP contribution is 2.19. The molecule has 0 bridgehead atoms. The first-order valence-electron chi connectivity index (χ1n) is 6.06. The third kappa shape index (κ3) is 5.42. The lowest BCUT2D eigenvalue weighted by Gasteiger charge is -2.05. The molecule has 0 N–H and O–H groups in total. The number of ether oxygens (including phenoxy) is 1. The Kier molecular flexibility index (Phi) is 5.73. The van der Waals surface area contributed by atoms with E-state index in [0.717, 1.165) is 24.6 Å². The van der Waals surface area contributed by atoms with Gasteiger partial charge in [-0.1, -0.05) is 19.4 Å². The molecule has 1 aromatic carbocycles. The van der Waals surface area contributed by atoms with Crippen LogP contribution in [0.15, 0.2) is 24.3 Å². The SMILES string of the molecule is CCCCOC(=O)c1ccc(/C=C/C(F)(F)F)cc1F. The summed E-state index contributed by atoms with van der Waals surface area (Å²) in [6.07, 6.45) is -2.23. The average Bonchev–Trinajstić information content (AvgIpc) is 2.35. The molecule has 6 heteroatoms. The topological polar surface area (TPSA) is 26.3 Å². The largest absolute Gasteiger partial charge is 0.462 e. The molecular formula is C14H14F4O2. The number of hydrogen-bond acceptors (Lipinski definition) is 2. The Balaban J connectivity index is 2.78. The number of benzene rings is 1. The maximum atomic E-state index is 13.6. The Morgan fingerprint density at radius 3 is 2.60 bits per heavy atom. The number of carbonyl (C=O) groups is 1. The summed E-state index contributed by atoms with van der Waals surface area (Å²) in [5.74, 6) is -1.72. The second-order valence-corrected chi connectivity index (χ2v) is 4.10. The van der Waals surface area contributed by atoms with Gasteiger partial charge in [-0.2, -0.15) is 13.2 Å². The van der Waals surface area contributed by atoms with Crippen LogP contribution >= 0.6 is 0 Å². The first kappa shape index (κ1) is 16.2. The van der Waals surface area contributed by atoms with Crippen molar-refractivity contribution >= 4 is 12.0 Å². The molecule has 1 rings (SSSR count). The first-order chi connectivity index (χ1) is 9.33. The molecule has 0 atom stereocenters. The average molecular weight is 290 g/mol. The van der Waals surface area contributed by atoms with E-state index < -0.39 is 18.0 Å². The van der Waals surface area contributed by atoms with E-state index in [1.807, 2.05) is 6.92 Å². The van der Waals surface area contributed by atoms with Crippen molar-refractivity contribution < 1.29 is 27.1 Å². The quantitative estimate of drug-likeness (QED) is 0.457. The second-order valence-electron chi connectivity index (χ2n) is 4.10. The van der Waals surface area contributed by atoms with Gasteiger partial charge in [0.25, 0.3) is 0 Å². The monoisotopic (exact) mass is 290 g/mol. The molecule has 0 fully saturated rings. The lowest BCUT2D eigenvalue weighted by atomic mass is 10.1. The molecule has 0 heterocycles. The number of carbonyl (C=O) groups excluding carboxylic acids is 1. The Bertz CT molecular complexity index is 492. The third-order valence-electron chi connectivity index (χ3n) is 2.41. The van der Waals surface area contributed by atoms with E-state index >= 15 is 0 Å². The zero-order valence-corrected chi connectivity index (χ0v) is 10.8. The molecule has 0 aliphatic rings. The number of unbranched alkanes of at least 4 members (excludes halogenated alkanes) is 1. The highest BCUT2D eigenvalue weighted by molar-refractivity contribution is 5.90. The molecule has 110 valence electrons. The maximum absolute atomic E-state index is 13.6. The van der Waals surface area contributed by atoms with Crippen LogP contribution in [0.1, 0.15) is 35.7 Å². The van der Waals surface area contributed by atoms with Crippen molar-refractivity contribution in [3.63, 3.8) is 0 Å². The predicted molar refractivity (Wildman–Crippen MR) is 66.7 cm³/mol. The van der Waals surface area contributed by atoms with Gasteiger partial charge < -0.3 is 4.74 Å². The number of esters is 1. The molecule has 0 aliphatic heterocycles. The minimum atomic E-state index is -4.46. The van der Waals surface area contributed by atoms with Gasteiger partial charge in [0.2, 0.25) is 0 Å². The molecule has 2 nitrogen and oxygen atoms in total. The van der Waals surface area contributed by atoms with E-state index in [2.05, 4.69) is 0 Å². The molecule has 0 saturated heterocycles. The molecule has 0 amide bonds. The summed E-state index contributed by atoms with van der Waals surface area (Å²) < 4.78 is 54.3. The molecule has 0 spiro atoms. The zero-order chi connectivity index (χ0) is 15.2. The summed E-state index contributed by atoms with van der Waals surface area (Å²) in [4.78, 5) is 11.5. The summed E-state index contributed by atoms with van der Waals surface area (Å²) >= 11 is 0. The van der Waals surface area contributed by atoms with Crippen molar-refractivity contribution in [3.8, 4) is 0 Å². The second kappa shape index (κ2) is 7.07. The molecule has 0 aliphatic carbocycles. The molecule has 0 radical (unpaired) electrons. The summed E-state index contributed by atoms with van der Waals surface area (Å²) in [7, 11) is 0. The number of halogens is 4. The molecular weight excluding hydrogens is 276 g/mol. The van der Waals surface area contributed by atoms with Crippen LogP contribution in [0.5, 0.6) is 0 Å². The standard InChI is InChI=1S/C14H14F4O2/c1-2-3-8-20-13(19)11-5-4-10(9-12(11)15)6-7-14(16,17)18/h4-7,9H,2-3,8H2,1H3/b7-6+. The minimum Gasteiger partial charge on any atom is -0.462 e. The highest BCUT2D eigenvalue weighted by atomic mass is 19.4. The van der Waals surface area contributed by atoms with E-state index in [0.29, 0.717) is 6.42 Å². The molecule has 1 aromatic rings. The third-order valence-corrected chi connectivity index (χ3v) is 2.41. The number of rotatable bonds is 5. The Hall–Kier alpha value is -1.85. The molecule has 0 saturated carbocycles. The fourth-order valence-electron chi connectivity index (χ4n) is 1.38. The van der Waals surface area contributed by atoms with Crippen LogP contribution in [-0.2, 0) is 4.74 Å². The zero-order valence-electron chi connectivity index (χ0n) is 10.8. The Morgan fingerprint density at radius 1 is 1.35 bits per heavy atom. The van der Waals surface area contributed by atoms with E-state index in [4.69, 9.17) is 4.74 Å². The van der Waals surface area contributed by atoms with Crippen LogP contribution in [0.25, 0.3) is 6.08 Å². The van der Waals surface area contributed by atoms with E-state index in [1.165, 1.54) is 6.07 Å². The van der Waals surface area contributed by atoms with E-state index in [1.54, 1.807) is 0 Å². The fraction of sp³-hybridized carbons (Fsp3) is 0.357. The Labute approximate surface area is 114 Å². The lowest BCUT2D eigenvalue weighted by molar-refractivity contribution is -0.0790. The number of allylic oxidation sites excluding steroid dienone is 1. The van der Waals surface area contributed by atoms with Crippen molar-refractivity contribution in [2.45, 2.75) is 25.9 Å². The maximum Gasteiger partial charge on any atom is 0.409 e. The van der Waals surface area contributed by atoms with Gasteiger partial charge in [-0.05, 0) is 30.2 Å². The van der Waals surface area contributed by atoms with Gasteiger partial charge in [-0.25, -0.2) is 9.18 Å². The predicted octanol–water partition coefficient (Wildman–Crippen LogP) is 4.36. The smallest absolute Gasteiger partial charge is 0.409 e. The van der Waals surface area contributed by atoms with Crippen molar-refractivity contribution in [2.24, 2.45) is 0 Å². The van der Waals surface area contributed by atoms with E-state index in [-0.39, 0.29) is 23.8 Å². The van der Waals surface area contributed by atoms with Crippen molar-refractivity contribution in [2.75, 3.05) is 6.61 Å². The van der Waals surface area contributed by atoms with Gasteiger partial charge in [0.1, 0.15) is 5.82 Å². The summed E-state index contributed by atoms with van der Waals surface area (Å²) in [6.45, 7) is 2.10. The normalized spacial score (nSPS) is 11.8. The summed E-state index contributed by atoms with van der Waals surface area (Å²) in [6, 6.07) is 3.19. The van der Waals surface area contributed by atoms with Crippen molar-refractivity contribution in [3.05, 3.63) is 41.2 Å². The molecule has 20 heavy (non-hydrogen) atoms. The minimum absolute atomic E-state index is 0.00101. The number of hydrogen-bond donors (Lipinski definition) is 0. The highest BCUT2D eigenvalue weighted by Gasteiger charge is 2.22. The fourth-order valence-corrected chi connectivity index (χ4v) is 1.38. The van der Waals surface area contributed by atoms with Crippen LogP contribution in [0.3, 0.4) is 0 Å². The lowest BCUT2D eigenvalue weighted by Crippen LogP contribution is -2.08. The number of alkyl halides is 3. The summed E-state index contributed by atoms with van der Waals surface area (Å²) in [5, 5.41) is 0. The van der Waals surface area contributed by atoms with Crippen LogP contribution in [0.4, 0.5) is 17.6 Å². The van der Waals surface area contributed by atoms with Gasteiger partial charge in [0, 0.05) is 6.08 Å². The van der Waals surface area contributed by atoms with Gasteiger partial charge in [-0.15, -0.1) is 0 Å². The van der Waals surface area contributed by atoms with Crippen LogP contribution in [-0.4, -0.2) is 18.8 Å². The van der Waals surface area contributed by atoms with Gasteiger partial charge in [0.15, 0.2) is 0 Å². The van der Waals surface area contributed by atoms with E-state index in [9.17, 15) is 22.4 Å². The van der Waals surface area contributed by atoms with Gasteiger partial charge in [-0.3, -0.25) is 0 Å². The van der Waals surface area contributed by atoms with Crippen LogP contribution in [0, 0.1) is 5.82 Å². The Morgan fingerprint density at radius 2 is 2.05 bits per heavy atom. The molecule has 0 unspecified atom stereocenters. The van der Waals surface area contributed by atoms with Gasteiger partial charge >= 0.3 is 12.1 Å². The van der Waals surface area contributed by atoms with Crippen LogP contribution in [0.2, 0.25) is 0 Å². The first-order valence-corrected chi connectivity index (χ1v) is 6.06. The summed E-state index contributed by atoms with van der Waals surface area (Å²) in [5.41, 5.74) is -0.268. The van der Waals surface area contributed by atoms with Crippen molar-refractivity contribution in [1.29, 1.82) is 0 Å². The van der Waals surface area contributed by atoms with Crippen molar-refractivity contribution in [1.82, 2.24) is 0 Å².